The van der Waals surface area contributed by atoms with Gasteiger partial charge in [-0.05, 0) is 51.4 Å². The molecular formula is C13H20N2. The summed E-state index contributed by atoms with van der Waals surface area (Å²) in [5, 5.41) is 0. The lowest BCUT2D eigenvalue weighted by atomic mass is 9.85. The van der Waals surface area contributed by atoms with Crippen LogP contribution in [0.1, 0.15) is 49.3 Å². The molecule has 2 heteroatoms. The van der Waals surface area contributed by atoms with Crippen molar-refractivity contribution >= 4 is 0 Å². The van der Waals surface area contributed by atoms with Crippen LogP contribution in [0.15, 0.2) is 0 Å². The Morgan fingerprint density at radius 3 is 2.73 bits per heavy atom. The van der Waals surface area contributed by atoms with Gasteiger partial charge in [-0.25, -0.2) is 4.98 Å². The molecule has 1 heterocycles. The van der Waals surface area contributed by atoms with E-state index in [1.165, 1.54) is 63.0 Å². The SMILES string of the molecule is Cc1nc2c(n1CC1CCC1)CCCC2. The van der Waals surface area contributed by atoms with Crippen molar-refractivity contribution in [1.82, 2.24) is 9.55 Å². The molecular weight excluding hydrogens is 184 g/mol. The van der Waals surface area contributed by atoms with E-state index in [0.717, 1.165) is 5.92 Å². The lowest BCUT2D eigenvalue weighted by Crippen LogP contribution is -2.20. The van der Waals surface area contributed by atoms with Crippen molar-refractivity contribution in [3.05, 3.63) is 17.2 Å². The van der Waals surface area contributed by atoms with Gasteiger partial charge < -0.3 is 4.57 Å². The summed E-state index contributed by atoms with van der Waals surface area (Å²) in [4.78, 5) is 4.73. The van der Waals surface area contributed by atoms with Crippen LogP contribution in [0.25, 0.3) is 0 Å². The zero-order chi connectivity index (χ0) is 10.3. The molecule has 0 saturated heterocycles. The molecule has 1 aromatic rings. The molecule has 0 bridgehead atoms. The summed E-state index contributed by atoms with van der Waals surface area (Å²) < 4.78 is 2.51. The van der Waals surface area contributed by atoms with Crippen LogP contribution in [0, 0.1) is 12.8 Å². The molecule has 1 saturated carbocycles. The van der Waals surface area contributed by atoms with Gasteiger partial charge in [-0.1, -0.05) is 6.42 Å². The van der Waals surface area contributed by atoms with Crippen molar-refractivity contribution in [2.24, 2.45) is 5.92 Å². The predicted octanol–water partition coefficient (Wildman–Crippen LogP) is 2.87. The Bertz CT molecular complexity index is 361. The maximum absolute atomic E-state index is 4.73. The van der Waals surface area contributed by atoms with Gasteiger partial charge in [0.1, 0.15) is 5.82 Å². The van der Waals surface area contributed by atoms with Gasteiger partial charge in [-0.2, -0.15) is 0 Å². The van der Waals surface area contributed by atoms with Gasteiger partial charge in [0.2, 0.25) is 0 Å². The Morgan fingerprint density at radius 2 is 2.00 bits per heavy atom. The van der Waals surface area contributed by atoms with E-state index in [0.29, 0.717) is 0 Å². The third-order valence-electron chi connectivity index (χ3n) is 4.09. The van der Waals surface area contributed by atoms with Gasteiger partial charge in [-0.3, -0.25) is 0 Å². The van der Waals surface area contributed by atoms with Crippen LogP contribution < -0.4 is 0 Å². The minimum atomic E-state index is 0.948. The average Bonchev–Trinajstić information content (AvgIpc) is 2.48. The smallest absolute Gasteiger partial charge is 0.106 e. The van der Waals surface area contributed by atoms with Gasteiger partial charge in [-0.15, -0.1) is 0 Å². The number of nitrogens with zero attached hydrogens (tertiary/aromatic N) is 2. The van der Waals surface area contributed by atoms with Crippen molar-refractivity contribution in [3.63, 3.8) is 0 Å². The first-order valence-electron chi connectivity index (χ1n) is 6.39. The zero-order valence-corrected chi connectivity index (χ0v) is 9.63. The number of rotatable bonds is 2. The maximum atomic E-state index is 4.73. The highest BCUT2D eigenvalue weighted by Gasteiger charge is 2.23. The normalized spacial score (nSPS) is 21.1. The van der Waals surface area contributed by atoms with Crippen molar-refractivity contribution in [1.29, 1.82) is 0 Å². The number of hydrogen-bond acceptors (Lipinski definition) is 1. The molecule has 1 fully saturated rings. The van der Waals surface area contributed by atoms with E-state index >= 15 is 0 Å². The fourth-order valence-corrected chi connectivity index (χ4v) is 2.91. The molecule has 3 rings (SSSR count). The summed E-state index contributed by atoms with van der Waals surface area (Å²) in [6, 6.07) is 0. The fraction of sp³-hybridized carbons (Fsp3) is 0.769. The van der Waals surface area contributed by atoms with Gasteiger partial charge in [0.15, 0.2) is 0 Å². The summed E-state index contributed by atoms with van der Waals surface area (Å²) in [7, 11) is 0. The monoisotopic (exact) mass is 204 g/mol. The second kappa shape index (κ2) is 3.66. The summed E-state index contributed by atoms with van der Waals surface area (Å²) >= 11 is 0. The largest absolute Gasteiger partial charge is 0.332 e. The van der Waals surface area contributed by atoms with Crippen molar-refractivity contribution < 1.29 is 0 Å². The zero-order valence-electron chi connectivity index (χ0n) is 9.63. The molecule has 0 aliphatic heterocycles. The van der Waals surface area contributed by atoms with Crippen molar-refractivity contribution in [2.75, 3.05) is 0 Å². The van der Waals surface area contributed by atoms with E-state index in [-0.39, 0.29) is 0 Å². The van der Waals surface area contributed by atoms with E-state index in [2.05, 4.69) is 11.5 Å². The predicted molar refractivity (Wildman–Crippen MR) is 60.9 cm³/mol. The third kappa shape index (κ3) is 1.60. The lowest BCUT2D eigenvalue weighted by molar-refractivity contribution is 0.271. The number of aromatic nitrogens is 2. The van der Waals surface area contributed by atoms with Gasteiger partial charge in [0.05, 0.1) is 5.69 Å². The Morgan fingerprint density at radius 1 is 1.20 bits per heavy atom. The van der Waals surface area contributed by atoms with Gasteiger partial charge in [0, 0.05) is 12.2 Å². The van der Waals surface area contributed by atoms with Gasteiger partial charge >= 0.3 is 0 Å². The third-order valence-corrected chi connectivity index (χ3v) is 4.09. The molecule has 1 aromatic heterocycles. The standard InChI is InChI=1S/C13H20N2/c1-10-14-12-7-2-3-8-13(12)15(10)9-11-5-4-6-11/h11H,2-9H2,1H3. The number of hydrogen-bond donors (Lipinski definition) is 0. The van der Waals surface area contributed by atoms with Crippen LogP contribution >= 0.6 is 0 Å². The fourth-order valence-electron chi connectivity index (χ4n) is 2.91. The molecule has 0 N–H and O–H groups in total. The topological polar surface area (TPSA) is 17.8 Å². The summed E-state index contributed by atoms with van der Waals surface area (Å²) in [6.07, 6.45) is 9.51. The van der Waals surface area contributed by atoms with Crippen LogP contribution in [0.2, 0.25) is 0 Å². The molecule has 0 spiro atoms. The van der Waals surface area contributed by atoms with Crippen molar-refractivity contribution in [3.8, 4) is 0 Å². The highest BCUT2D eigenvalue weighted by Crippen LogP contribution is 2.30. The molecule has 2 aliphatic carbocycles. The Labute approximate surface area is 91.7 Å². The number of imidazole rings is 1. The Hall–Kier alpha value is -0.790. The van der Waals surface area contributed by atoms with Crippen molar-refractivity contribution in [2.45, 2.75) is 58.4 Å². The Balaban J connectivity index is 1.87. The van der Waals surface area contributed by atoms with E-state index in [1.54, 1.807) is 5.69 Å². The maximum Gasteiger partial charge on any atom is 0.106 e. The quantitative estimate of drug-likeness (QED) is 0.724. The molecule has 82 valence electrons. The molecule has 2 aliphatic rings. The van der Waals surface area contributed by atoms with Crippen LogP contribution in [0.4, 0.5) is 0 Å². The van der Waals surface area contributed by atoms with E-state index < -0.39 is 0 Å². The van der Waals surface area contributed by atoms with Crippen LogP contribution in [-0.2, 0) is 19.4 Å². The molecule has 0 atom stereocenters. The number of fused-ring (bicyclic) bond motifs is 1. The lowest BCUT2D eigenvalue weighted by Gasteiger charge is -2.27. The highest BCUT2D eigenvalue weighted by molar-refractivity contribution is 5.20. The molecule has 0 amide bonds. The van der Waals surface area contributed by atoms with Crippen LogP contribution in [0.3, 0.4) is 0 Å². The second-order valence-corrected chi connectivity index (χ2v) is 5.17. The summed E-state index contributed by atoms with van der Waals surface area (Å²) in [5.74, 6) is 2.21. The average molecular weight is 204 g/mol. The summed E-state index contributed by atoms with van der Waals surface area (Å²) in [6.45, 7) is 3.42. The van der Waals surface area contributed by atoms with Crippen LogP contribution in [-0.4, -0.2) is 9.55 Å². The molecule has 0 radical (unpaired) electrons. The molecule has 15 heavy (non-hydrogen) atoms. The number of aryl methyl sites for hydroxylation is 2. The summed E-state index contributed by atoms with van der Waals surface area (Å²) in [5.41, 5.74) is 2.96. The van der Waals surface area contributed by atoms with Gasteiger partial charge in [0.25, 0.3) is 0 Å². The first kappa shape index (κ1) is 9.44. The van der Waals surface area contributed by atoms with E-state index in [4.69, 9.17) is 4.98 Å². The van der Waals surface area contributed by atoms with E-state index in [9.17, 15) is 0 Å². The second-order valence-electron chi connectivity index (χ2n) is 5.17. The minimum absolute atomic E-state index is 0.948. The molecule has 0 unspecified atom stereocenters. The Kier molecular flexibility index (Phi) is 2.30. The van der Waals surface area contributed by atoms with E-state index in [1.807, 2.05) is 0 Å². The first-order valence-corrected chi connectivity index (χ1v) is 6.39. The highest BCUT2D eigenvalue weighted by atomic mass is 15.1. The molecule has 0 aromatic carbocycles. The molecule has 2 nitrogen and oxygen atoms in total. The first-order chi connectivity index (χ1) is 7.34. The minimum Gasteiger partial charge on any atom is -0.332 e. The van der Waals surface area contributed by atoms with Crippen LogP contribution in [0.5, 0.6) is 0 Å².